The molecule has 1 atom stereocenters. The number of hydrogen-bond donors (Lipinski definition) is 1. The number of ether oxygens (including phenoxy) is 1. The van der Waals surface area contributed by atoms with E-state index in [-0.39, 0.29) is 23.3 Å². The van der Waals surface area contributed by atoms with Crippen molar-refractivity contribution in [3.05, 3.63) is 70.9 Å². The van der Waals surface area contributed by atoms with E-state index in [9.17, 15) is 18.7 Å². The maximum atomic E-state index is 15.0. The van der Waals surface area contributed by atoms with E-state index in [0.717, 1.165) is 81.8 Å². The average Bonchev–Trinajstić information content (AvgIpc) is 3.88. The number of anilines is 2. The molecule has 4 aromatic heterocycles. The van der Waals surface area contributed by atoms with Crippen molar-refractivity contribution in [2.75, 3.05) is 38.3 Å². The molecule has 3 aliphatic rings. The van der Waals surface area contributed by atoms with E-state index in [1.54, 1.807) is 35.0 Å². The SMILES string of the molecule is CC(C)C(C(=O)O)c1cc(-c2cnc3cc(-c4cc5c(cc4C(F)F)N(c4nn(C6CCOCC6)c6c4CN(C)CC6)CCC5)ccn23)no1.CC=O. The number of carbonyl (C=O) groups is 2. The first-order chi connectivity index (χ1) is 25.6. The van der Waals surface area contributed by atoms with Crippen LogP contribution in [0.1, 0.15) is 86.6 Å². The van der Waals surface area contributed by atoms with Gasteiger partial charge in [-0.1, -0.05) is 19.0 Å². The predicted octanol–water partition coefficient (Wildman–Crippen LogP) is 7.24. The Bertz CT molecular complexity index is 2120. The van der Waals surface area contributed by atoms with Crippen molar-refractivity contribution in [2.24, 2.45) is 5.92 Å². The molecule has 1 N–H and O–H groups in total. The Hall–Kier alpha value is -4.95. The molecule has 1 fully saturated rings. The highest BCUT2D eigenvalue weighted by molar-refractivity contribution is 5.79. The summed E-state index contributed by atoms with van der Waals surface area (Å²) in [5, 5.41) is 19.1. The number of nitrogens with zero attached hydrogens (tertiary/aromatic N) is 7. The number of aromatic nitrogens is 5. The highest BCUT2D eigenvalue weighted by Crippen LogP contribution is 2.44. The second-order valence-electron chi connectivity index (χ2n) is 14.3. The van der Waals surface area contributed by atoms with Crippen molar-refractivity contribution in [1.29, 1.82) is 0 Å². The zero-order valence-electron chi connectivity index (χ0n) is 30.5. The summed E-state index contributed by atoms with van der Waals surface area (Å²) >= 11 is 0. The van der Waals surface area contributed by atoms with Crippen LogP contribution in [0, 0.1) is 5.92 Å². The van der Waals surface area contributed by atoms with Crippen LogP contribution in [0.4, 0.5) is 20.3 Å². The molecule has 5 aromatic rings. The lowest BCUT2D eigenvalue weighted by atomic mass is 9.92. The Balaban J connectivity index is 0.00000140. The molecule has 14 heteroatoms. The summed E-state index contributed by atoms with van der Waals surface area (Å²) in [6.07, 6.45) is 5.89. The third-order valence-corrected chi connectivity index (χ3v) is 10.5. The van der Waals surface area contributed by atoms with Crippen LogP contribution in [-0.4, -0.2) is 79.9 Å². The molecule has 1 unspecified atom stereocenters. The minimum absolute atomic E-state index is 0.0313. The number of carbonyl (C=O) groups excluding carboxylic acids is 1. The number of aryl methyl sites for hydroxylation is 1. The van der Waals surface area contributed by atoms with Crippen LogP contribution in [0.5, 0.6) is 0 Å². The molecule has 0 saturated carbocycles. The lowest BCUT2D eigenvalue weighted by Crippen LogP contribution is -2.30. The number of carboxylic acid groups (broad SMARTS) is 1. The van der Waals surface area contributed by atoms with Gasteiger partial charge in [0.05, 0.1) is 17.9 Å². The minimum Gasteiger partial charge on any atom is -0.481 e. The van der Waals surface area contributed by atoms with E-state index in [2.05, 4.69) is 31.7 Å². The predicted molar refractivity (Wildman–Crippen MR) is 195 cm³/mol. The lowest BCUT2D eigenvalue weighted by molar-refractivity contribution is -0.140. The molecule has 0 bridgehead atoms. The van der Waals surface area contributed by atoms with Crippen molar-refractivity contribution >= 4 is 29.4 Å². The van der Waals surface area contributed by atoms with Crippen LogP contribution < -0.4 is 4.90 Å². The molecule has 12 nitrogen and oxygen atoms in total. The van der Waals surface area contributed by atoms with Crippen molar-refractivity contribution in [3.63, 3.8) is 0 Å². The quantitative estimate of drug-likeness (QED) is 0.163. The summed E-state index contributed by atoms with van der Waals surface area (Å²) in [7, 11) is 2.12. The van der Waals surface area contributed by atoms with Gasteiger partial charge in [0.15, 0.2) is 11.6 Å². The highest BCUT2D eigenvalue weighted by Gasteiger charge is 2.33. The van der Waals surface area contributed by atoms with Crippen LogP contribution in [-0.2, 0) is 33.7 Å². The van der Waals surface area contributed by atoms with Gasteiger partial charge in [0.25, 0.3) is 6.43 Å². The summed E-state index contributed by atoms with van der Waals surface area (Å²) < 4.78 is 45.0. The molecule has 7 heterocycles. The first-order valence-electron chi connectivity index (χ1n) is 18.3. The van der Waals surface area contributed by atoms with Gasteiger partial charge in [-0.3, -0.25) is 13.9 Å². The molecule has 0 radical (unpaired) electrons. The van der Waals surface area contributed by atoms with Crippen molar-refractivity contribution < 1.29 is 32.7 Å². The molecule has 0 aliphatic carbocycles. The summed E-state index contributed by atoms with van der Waals surface area (Å²) in [5.41, 5.74) is 6.97. The van der Waals surface area contributed by atoms with Gasteiger partial charge >= 0.3 is 5.97 Å². The molecule has 0 spiro atoms. The Morgan fingerprint density at radius 1 is 1.09 bits per heavy atom. The number of hydrogen-bond acceptors (Lipinski definition) is 9. The van der Waals surface area contributed by atoms with Crippen LogP contribution >= 0.6 is 0 Å². The highest BCUT2D eigenvalue weighted by atomic mass is 19.3. The largest absolute Gasteiger partial charge is 0.481 e. The third kappa shape index (κ3) is 6.97. The molecular formula is C39H45F2N7O5. The van der Waals surface area contributed by atoms with Gasteiger partial charge in [0.2, 0.25) is 0 Å². The van der Waals surface area contributed by atoms with E-state index in [1.165, 1.54) is 18.2 Å². The van der Waals surface area contributed by atoms with E-state index in [1.807, 2.05) is 26.0 Å². The lowest BCUT2D eigenvalue weighted by Gasteiger charge is -2.33. The molecular weight excluding hydrogens is 684 g/mol. The smallest absolute Gasteiger partial charge is 0.314 e. The molecule has 8 rings (SSSR count). The topological polar surface area (TPSA) is 131 Å². The van der Waals surface area contributed by atoms with E-state index in [4.69, 9.17) is 19.2 Å². The number of halogens is 2. The molecule has 0 amide bonds. The number of alkyl halides is 2. The molecule has 1 saturated heterocycles. The van der Waals surface area contributed by atoms with Gasteiger partial charge in [-0.2, -0.15) is 5.10 Å². The van der Waals surface area contributed by atoms with Gasteiger partial charge < -0.3 is 29.0 Å². The second-order valence-corrected chi connectivity index (χ2v) is 14.3. The number of pyridine rings is 1. The summed E-state index contributed by atoms with van der Waals surface area (Å²) in [6, 6.07) is 9.12. The minimum atomic E-state index is -2.69. The number of carboxylic acids is 1. The van der Waals surface area contributed by atoms with Gasteiger partial charge in [-0.05, 0) is 86.5 Å². The summed E-state index contributed by atoms with van der Waals surface area (Å²) in [5.74, 6) is -0.847. The zero-order valence-corrected chi connectivity index (χ0v) is 30.5. The fourth-order valence-corrected chi connectivity index (χ4v) is 7.94. The van der Waals surface area contributed by atoms with Crippen LogP contribution in [0.2, 0.25) is 0 Å². The van der Waals surface area contributed by atoms with Crippen LogP contribution in [0.15, 0.2) is 47.2 Å². The van der Waals surface area contributed by atoms with E-state index in [0.29, 0.717) is 34.7 Å². The Morgan fingerprint density at radius 3 is 2.58 bits per heavy atom. The molecule has 53 heavy (non-hydrogen) atoms. The second kappa shape index (κ2) is 15.2. The van der Waals surface area contributed by atoms with Gasteiger partial charge in [0, 0.05) is 74.0 Å². The van der Waals surface area contributed by atoms with Crippen LogP contribution in [0.3, 0.4) is 0 Å². The number of rotatable bonds is 8. The number of aliphatic carboxylic acids is 1. The standard InChI is InChI=1S/C37H41F2N7O4.C2H4O/c1-21(2)34(37(47)48)32-18-28(42-50-32)31-19-40-33-16-22(6-12-44(31)33)25-15-23-5-4-10-45(30(23)17-26(25)35(38)39)36-27-20-43(3)11-7-29(27)46(41-36)24-8-13-49-14-9-24;1-2-3/h6,12,15-19,21,24,34-35H,4-5,7-11,13-14,20H2,1-3H3,(H,47,48);2H,1H3. The number of benzene rings is 1. The fraction of sp³-hybridized carbons (Fsp3) is 0.462. The van der Waals surface area contributed by atoms with E-state index < -0.39 is 18.3 Å². The monoisotopic (exact) mass is 729 g/mol. The van der Waals surface area contributed by atoms with Crippen molar-refractivity contribution in [1.82, 2.24) is 29.2 Å². The van der Waals surface area contributed by atoms with Gasteiger partial charge in [-0.25, -0.2) is 13.8 Å². The maximum Gasteiger partial charge on any atom is 0.314 e. The maximum absolute atomic E-state index is 15.0. The summed E-state index contributed by atoms with van der Waals surface area (Å²) in [4.78, 5) is 29.7. The average molecular weight is 730 g/mol. The number of fused-ring (bicyclic) bond motifs is 3. The zero-order chi connectivity index (χ0) is 37.4. The molecule has 3 aliphatic heterocycles. The van der Waals surface area contributed by atoms with E-state index >= 15 is 0 Å². The first kappa shape index (κ1) is 36.4. The van der Waals surface area contributed by atoms with Crippen molar-refractivity contribution in [3.8, 4) is 22.5 Å². The molecule has 280 valence electrons. The van der Waals surface area contributed by atoms with Gasteiger partial charge in [0.1, 0.15) is 23.5 Å². The Kier molecular flexibility index (Phi) is 10.4. The number of imidazole rings is 1. The van der Waals surface area contributed by atoms with Gasteiger partial charge in [-0.15, -0.1) is 0 Å². The molecule has 1 aromatic carbocycles. The third-order valence-electron chi connectivity index (χ3n) is 10.5. The number of aldehydes is 1. The first-order valence-corrected chi connectivity index (χ1v) is 18.3. The number of likely N-dealkylation sites (N-methyl/N-ethyl adjacent to an activating group) is 1. The Labute approximate surface area is 306 Å². The Morgan fingerprint density at radius 2 is 1.87 bits per heavy atom. The van der Waals surface area contributed by atoms with Crippen molar-refractivity contribution in [2.45, 2.75) is 77.8 Å². The summed E-state index contributed by atoms with van der Waals surface area (Å²) in [6.45, 7) is 8.97. The van der Waals surface area contributed by atoms with Crippen LogP contribution in [0.25, 0.3) is 28.2 Å². The fourth-order valence-electron chi connectivity index (χ4n) is 7.94. The normalized spacial score (nSPS) is 17.1.